The second-order valence-corrected chi connectivity index (χ2v) is 5.18. The third-order valence-electron chi connectivity index (χ3n) is 3.39. The highest BCUT2D eigenvalue weighted by atomic mass is 16.5. The minimum absolute atomic E-state index is 0.213. The van der Waals surface area contributed by atoms with E-state index in [-0.39, 0.29) is 23.2 Å². The summed E-state index contributed by atoms with van der Waals surface area (Å²) in [5.41, 5.74) is 1.29. The lowest BCUT2D eigenvalue weighted by Crippen LogP contribution is -2.30. The fourth-order valence-corrected chi connectivity index (χ4v) is 2.12. The lowest BCUT2D eigenvalue weighted by molar-refractivity contribution is 0.0944. The molecule has 2 N–H and O–H groups in total. The molecule has 0 aliphatic carbocycles. The molecule has 0 fully saturated rings. The van der Waals surface area contributed by atoms with Crippen LogP contribution in [-0.2, 0) is 0 Å². The molecule has 2 heterocycles. The maximum atomic E-state index is 12.0. The summed E-state index contributed by atoms with van der Waals surface area (Å²) in [5, 5.41) is 9.18. The molecule has 2 amide bonds. The molecule has 0 aliphatic rings. The number of nitrogens with zero attached hydrogens (tertiary/aromatic N) is 2. The zero-order valence-corrected chi connectivity index (χ0v) is 13.3. The molecule has 8 heteroatoms. The van der Waals surface area contributed by atoms with Gasteiger partial charge in [0, 0.05) is 24.7 Å². The van der Waals surface area contributed by atoms with Gasteiger partial charge in [0.05, 0.1) is 0 Å². The molecule has 3 rings (SSSR count). The summed E-state index contributed by atoms with van der Waals surface area (Å²) in [6, 6.07) is 11.0. The zero-order chi connectivity index (χ0) is 17.5. The summed E-state index contributed by atoms with van der Waals surface area (Å²) in [7, 11) is 0. The van der Waals surface area contributed by atoms with E-state index in [1.807, 2.05) is 30.3 Å². The third-order valence-corrected chi connectivity index (χ3v) is 3.39. The van der Waals surface area contributed by atoms with Gasteiger partial charge in [0.1, 0.15) is 6.26 Å². The zero-order valence-electron chi connectivity index (χ0n) is 13.3. The maximum Gasteiger partial charge on any atom is 0.273 e. The summed E-state index contributed by atoms with van der Waals surface area (Å²) in [6.07, 6.45) is 3.03. The Morgan fingerprint density at radius 1 is 1.00 bits per heavy atom. The number of carbonyl (C=O) groups is 2. The molecule has 2 aromatic heterocycles. The third kappa shape index (κ3) is 4.31. The Balaban J connectivity index is 1.41. The van der Waals surface area contributed by atoms with Gasteiger partial charge in [-0.2, -0.15) is 0 Å². The van der Waals surface area contributed by atoms with Crippen molar-refractivity contribution in [2.75, 3.05) is 13.1 Å². The van der Waals surface area contributed by atoms with Crippen LogP contribution in [0.2, 0.25) is 0 Å². The minimum Gasteiger partial charge on any atom is -0.451 e. The van der Waals surface area contributed by atoms with Gasteiger partial charge in [-0.3, -0.25) is 9.59 Å². The Hall–Kier alpha value is -3.42. The van der Waals surface area contributed by atoms with Crippen LogP contribution in [0.1, 0.15) is 27.4 Å². The predicted molar refractivity (Wildman–Crippen MR) is 87.7 cm³/mol. The van der Waals surface area contributed by atoms with E-state index in [1.165, 1.54) is 12.7 Å². The van der Waals surface area contributed by atoms with E-state index in [4.69, 9.17) is 8.94 Å². The fourth-order valence-electron chi connectivity index (χ4n) is 2.12. The van der Waals surface area contributed by atoms with Gasteiger partial charge in [-0.05, 0) is 6.42 Å². The molecular weight excluding hydrogens is 324 g/mol. The molecule has 0 spiro atoms. The van der Waals surface area contributed by atoms with E-state index in [0.29, 0.717) is 25.3 Å². The number of rotatable bonds is 7. The number of aromatic nitrogens is 2. The van der Waals surface area contributed by atoms with Crippen molar-refractivity contribution in [2.24, 2.45) is 0 Å². The van der Waals surface area contributed by atoms with E-state index in [2.05, 4.69) is 20.8 Å². The molecule has 25 heavy (non-hydrogen) atoms. The quantitative estimate of drug-likeness (QED) is 0.635. The van der Waals surface area contributed by atoms with Gasteiger partial charge in [-0.25, -0.2) is 4.98 Å². The molecule has 8 nitrogen and oxygen atoms in total. The van der Waals surface area contributed by atoms with E-state index in [0.717, 1.165) is 5.56 Å². The fraction of sp³-hybridized carbons (Fsp3) is 0.176. The second kappa shape index (κ2) is 7.91. The van der Waals surface area contributed by atoms with Crippen molar-refractivity contribution < 1.29 is 18.5 Å². The van der Waals surface area contributed by atoms with Crippen LogP contribution >= 0.6 is 0 Å². The number of nitrogens with one attached hydrogen (secondary N) is 2. The smallest absolute Gasteiger partial charge is 0.273 e. The number of amides is 2. The first-order valence-electron chi connectivity index (χ1n) is 7.71. The maximum absolute atomic E-state index is 12.0. The average Bonchev–Trinajstić information content (AvgIpc) is 3.34. The van der Waals surface area contributed by atoms with Crippen LogP contribution in [0.15, 0.2) is 58.0 Å². The van der Waals surface area contributed by atoms with Crippen molar-refractivity contribution in [1.82, 2.24) is 20.8 Å². The Morgan fingerprint density at radius 3 is 2.40 bits per heavy atom. The molecule has 0 aliphatic heterocycles. The van der Waals surface area contributed by atoms with Crippen LogP contribution in [0, 0.1) is 0 Å². The molecule has 0 bridgehead atoms. The van der Waals surface area contributed by atoms with E-state index in [1.54, 1.807) is 6.07 Å². The van der Waals surface area contributed by atoms with Crippen molar-refractivity contribution >= 4 is 11.8 Å². The number of hydrogen-bond donors (Lipinski definition) is 2. The van der Waals surface area contributed by atoms with Gasteiger partial charge < -0.3 is 19.6 Å². The van der Waals surface area contributed by atoms with Gasteiger partial charge in [0.25, 0.3) is 11.8 Å². The van der Waals surface area contributed by atoms with Gasteiger partial charge in [0.15, 0.2) is 23.5 Å². The Morgan fingerprint density at radius 2 is 1.72 bits per heavy atom. The van der Waals surface area contributed by atoms with E-state index >= 15 is 0 Å². The normalized spacial score (nSPS) is 10.4. The van der Waals surface area contributed by atoms with Gasteiger partial charge in [-0.1, -0.05) is 35.5 Å². The summed E-state index contributed by atoms with van der Waals surface area (Å²) in [4.78, 5) is 27.4. The van der Waals surface area contributed by atoms with Gasteiger partial charge >= 0.3 is 0 Å². The Labute approximate surface area is 143 Å². The predicted octanol–water partition coefficient (Wildman–Crippen LogP) is 1.88. The van der Waals surface area contributed by atoms with Crippen molar-refractivity contribution in [3.63, 3.8) is 0 Å². The van der Waals surface area contributed by atoms with Crippen molar-refractivity contribution in [2.45, 2.75) is 6.42 Å². The second-order valence-electron chi connectivity index (χ2n) is 5.18. The summed E-state index contributed by atoms with van der Waals surface area (Å²) < 4.78 is 9.92. The molecule has 128 valence electrons. The molecule has 0 saturated carbocycles. The lowest BCUT2D eigenvalue weighted by atomic mass is 10.1. The topological polar surface area (TPSA) is 110 Å². The van der Waals surface area contributed by atoms with Crippen molar-refractivity contribution in [3.05, 3.63) is 60.4 Å². The molecule has 0 radical (unpaired) electrons. The van der Waals surface area contributed by atoms with Gasteiger partial charge in [-0.15, -0.1) is 0 Å². The molecule has 0 unspecified atom stereocenters. The molecular formula is C17H16N4O4. The van der Waals surface area contributed by atoms with E-state index < -0.39 is 0 Å². The average molecular weight is 340 g/mol. The highest BCUT2D eigenvalue weighted by molar-refractivity contribution is 5.93. The SMILES string of the molecule is O=C(NCCCNC(=O)c1cc(-c2ccccc2)on1)c1cocn1. The molecule has 3 aromatic rings. The molecule has 0 atom stereocenters. The highest BCUT2D eigenvalue weighted by Crippen LogP contribution is 2.19. The summed E-state index contributed by atoms with van der Waals surface area (Å²) in [5.74, 6) is -0.108. The summed E-state index contributed by atoms with van der Waals surface area (Å²) in [6.45, 7) is 0.797. The van der Waals surface area contributed by atoms with Crippen LogP contribution in [0.4, 0.5) is 0 Å². The first kappa shape index (κ1) is 16.4. The molecule has 0 saturated heterocycles. The van der Waals surface area contributed by atoms with Gasteiger partial charge in [0.2, 0.25) is 0 Å². The van der Waals surface area contributed by atoms with Crippen LogP contribution in [0.3, 0.4) is 0 Å². The van der Waals surface area contributed by atoms with Crippen molar-refractivity contribution in [1.29, 1.82) is 0 Å². The van der Waals surface area contributed by atoms with Crippen LogP contribution in [-0.4, -0.2) is 35.0 Å². The number of hydrogen-bond acceptors (Lipinski definition) is 6. The largest absolute Gasteiger partial charge is 0.451 e. The van der Waals surface area contributed by atoms with Crippen LogP contribution in [0.5, 0.6) is 0 Å². The van der Waals surface area contributed by atoms with E-state index in [9.17, 15) is 9.59 Å². The minimum atomic E-state index is -0.325. The summed E-state index contributed by atoms with van der Waals surface area (Å²) >= 11 is 0. The number of carbonyl (C=O) groups excluding carboxylic acids is 2. The monoisotopic (exact) mass is 340 g/mol. The van der Waals surface area contributed by atoms with Crippen molar-refractivity contribution in [3.8, 4) is 11.3 Å². The molecule has 1 aromatic carbocycles. The van der Waals surface area contributed by atoms with Crippen LogP contribution in [0.25, 0.3) is 11.3 Å². The highest BCUT2D eigenvalue weighted by Gasteiger charge is 2.13. The Bertz CT molecular complexity index is 827. The standard InChI is InChI=1S/C17H16N4O4/c22-16(13-9-15(25-21-13)12-5-2-1-3-6-12)18-7-4-8-19-17(23)14-10-24-11-20-14/h1-3,5-6,9-11H,4,7-8H2,(H,18,22)(H,19,23). The first-order valence-corrected chi connectivity index (χ1v) is 7.71. The number of oxazole rings is 1. The number of benzene rings is 1. The first-order chi connectivity index (χ1) is 12.2. The lowest BCUT2D eigenvalue weighted by Gasteiger charge is -2.04. The van der Waals surface area contributed by atoms with Crippen LogP contribution < -0.4 is 10.6 Å². The Kier molecular flexibility index (Phi) is 5.20.